The largest absolute Gasteiger partial charge is 0.384 e. The van der Waals surface area contributed by atoms with Crippen LogP contribution in [-0.4, -0.2) is 16.9 Å². The van der Waals surface area contributed by atoms with Crippen molar-refractivity contribution in [3.8, 4) is 0 Å². The van der Waals surface area contributed by atoms with E-state index in [-0.39, 0.29) is 11.9 Å². The average molecular weight is 267 g/mol. The molecule has 3 rings (SSSR count). The first-order chi connectivity index (χ1) is 9.66. The molecular formula is C16H17N3O. The Bertz CT molecular complexity index is 636. The van der Waals surface area contributed by atoms with Crippen LogP contribution in [0.4, 0.5) is 11.5 Å². The van der Waals surface area contributed by atoms with Gasteiger partial charge < -0.3 is 10.6 Å². The molecule has 1 aliphatic rings. The van der Waals surface area contributed by atoms with Crippen molar-refractivity contribution < 1.29 is 4.79 Å². The van der Waals surface area contributed by atoms with E-state index in [2.05, 4.69) is 18.0 Å². The van der Waals surface area contributed by atoms with E-state index in [1.54, 1.807) is 18.3 Å². The van der Waals surface area contributed by atoms with Crippen molar-refractivity contribution >= 4 is 17.4 Å². The van der Waals surface area contributed by atoms with Crippen LogP contribution in [-0.2, 0) is 6.42 Å². The minimum absolute atomic E-state index is 0.0165. The van der Waals surface area contributed by atoms with Gasteiger partial charge in [0.1, 0.15) is 5.82 Å². The van der Waals surface area contributed by atoms with Gasteiger partial charge in [-0.15, -0.1) is 0 Å². The molecule has 0 spiro atoms. The summed E-state index contributed by atoms with van der Waals surface area (Å²) in [5.41, 5.74) is 8.38. The smallest absolute Gasteiger partial charge is 0.260 e. The van der Waals surface area contributed by atoms with E-state index in [1.165, 1.54) is 5.56 Å². The predicted molar refractivity (Wildman–Crippen MR) is 79.7 cm³/mol. The summed E-state index contributed by atoms with van der Waals surface area (Å²) in [6.07, 6.45) is 3.54. The quantitative estimate of drug-likeness (QED) is 0.864. The monoisotopic (exact) mass is 267 g/mol. The number of fused-ring (bicyclic) bond motifs is 1. The maximum absolute atomic E-state index is 12.7. The molecule has 1 atom stereocenters. The number of nitrogens with zero attached hydrogens (tertiary/aromatic N) is 2. The van der Waals surface area contributed by atoms with Crippen molar-refractivity contribution in [2.75, 3.05) is 10.6 Å². The molecule has 102 valence electrons. The SMILES string of the molecule is CC1CCc2ccccc2N1C(=O)c1ccc(N)nc1. The van der Waals surface area contributed by atoms with Crippen LogP contribution in [0.2, 0.25) is 0 Å². The van der Waals surface area contributed by atoms with Gasteiger partial charge in [0.15, 0.2) is 0 Å². The first-order valence-electron chi connectivity index (χ1n) is 6.80. The number of para-hydroxylation sites is 1. The van der Waals surface area contributed by atoms with Gasteiger partial charge in [-0.1, -0.05) is 18.2 Å². The number of amides is 1. The molecule has 0 saturated heterocycles. The van der Waals surface area contributed by atoms with Crippen LogP contribution in [0.3, 0.4) is 0 Å². The summed E-state index contributed by atoms with van der Waals surface area (Å²) in [7, 11) is 0. The minimum Gasteiger partial charge on any atom is -0.384 e. The Morgan fingerprint density at radius 2 is 2.10 bits per heavy atom. The molecule has 1 amide bonds. The van der Waals surface area contributed by atoms with Crippen LogP contribution in [0.1, 0.15) is 29.3 Å². The highest BCUT2D eigenvalue weighted by molar-refractivity contribution is 6.07. The van der Waals surface area contributed by atoms with Crippen molar-refractivity contribution in [1.82, 2.24) is 4.98 Å². The lowest BCUT2D eigenvalue weighted by Crippen LogP contribution is -2.42. The molecule has 0 aliphatic carbocycles. The Kier molecular flexibility index (Phi) is 3.14. The summed E-state index contributed by atoms with van der Waals surface area (Å²) in [6.45, 7) is 2.08. The highest BCUT2D eigenvalue weighted by atomic mass is 16.2. The molecule has 0 fully saturated rings. The Morgan fingerprint density at radius 3 is 2.85 bits per heavy atom. The maximum atomic E-state index is 12.7. The summed E-state index contributed by atoms with van der Waals surface area (Å²) >= 11 is 0. The van der Waals surface area contributed by atoms with Crippen LogP contribution in [0.15, 0.2) is 42.6 Å². The zero-order valence-corrected chi connectivity index (χ0v) is 11.4. The summed E-state index contributed by atoms with van der Waals surface area (Å²) in [4.78, 5) is 18.6. The van der Waals surface area contributed by atoms with Gasteiger partial charge in [0.25, 0.3) is 5.91 Å². The first-order valence-corrected chi connectivity index (χ1v) is 6.80. The number of hydrogen-bond acceptors (Lipinski definition) is 3. The van der Waals surface area contributed by atoms with Gasteiger partial charge in [0.05, 0.1) is 5.56 Å². The molecule has 0 saturated carbocycles. The molecule has 1 unspecified atom stereocenters. The Morgan fingerprint density at radius 1 is 1.30 bits per heavy atom. The topological polar surface area (TPSA) is 59.2 Å². The Labute approximate surface area is 118 Å². The number of aryl methyl sites for hydroxylation is 1. The third-order valence-electron chi connectivity index (χ3n) is 3.78. The van der Waals surface area contributed by atoms with Crippen molar-refractivity contribution in [1.29, 1.82) is 0 Å². The highest BCUT2D eigenvalue weighted by Crippen LogP contribution is 2.31. The number of hydrogen-bond donors (Lipinski definition) is 1. The molecule has 20 heavy (non-hydrogen) atoms. The normalized spacial score (nSPS) is 17.6. The van der Waals surface area contributed by atoms with Crippen molar-refractivity contribution in [3.63, 3.8) is 0 Å². The van der Waals surface area contributed by atoms with Crippen LogP contribution < -0.4 is 10.6 Å². The average Bonchev–Trinajstić information content (AvgIpc) is 2.47. The Hall–Kier alpha value is -2.36. The van der Waals surface area contributed by atoms with E-state index in [1.807, 2.05) is 23.1 Å². The third kappa shape index (κ3) is 2.13. The molecule has 4 heteroatoms. The van der Waals surface area contributed by atoms with E-state index in [0.717, 1.165) is 18.5 Å². The van der Waals surface area contributed by atoms with Gasteiger partial charge in [0, 0.05) is 17.9 Å². The fourth-order valence-corrected chi connectivity index (χ4v) is 2.67. The third-order valence-corrected chi connectivity index (χ3v) is 3.78. The number of benzene rings is 1. The molecule has 0 bridgehead atoms. The zero-order chi connectivity index (χ0) is 14.1. The summed E-state index contributed by atoms with van der Waals surface area (Å²) < 4.78 is 0. The number of carbonyl (C=O) groups excluding carboxylic acids is 1. The van der Waals surface area contributed by atoms with E-state index in [0.29, 0.717) is 11.4 Å². The number of aromatic nitrogens is 1. The van der Waals surface area contributed by atoms with E-state index >= 15 is 0 Å². The predicted octanol–water partition coefficient (Wildman–Crippen LogP) is 2.65. The van der Waals surface area contributed by atoms with Crippen LogP contribution >= 0.6 is 0 Å². The molecule has 4 nitrogen and oxygen atoms in total. The molecule has 2 heterocycles. The maximum Gasteiger partial charge on any atom is 0.260 e. The van der Waals surface area contributed by atoms with Crippen LogP contribution in [0, 0.1) is 0 Å². The van der Waals surface area contributed by atoms with Crippen molar-refractivity contribution in [2.24, 2.45) is 0 Å². The van der Waals surface area contributed by atoms with Gasteiger partial charge in [-0.2, -0.15) is 0 Å². The lowest BCUT2D eigenvalue weighted by molar-refractivity contribution is 0.0975. The number of anilines is 2. The molecule has 1 aromatic heterocycles. The molecule has 2 aromatic rings. The first kappa shape index (κ1) is 12.7. The lowest BCUT2D eigenvalue weighted by atomic mass is 9.96. The summed E-state index contributed by atoms with van der Waals surface area (Å²) in [5.74, 6) is 0.408. The molecule has 0 radical (unpaired) electrons. The fourth-order valence-electron chi connectivity index (χ4n) is 2.67. The summed E-state index contributed by atoms with van der Waals surface area (Å²) in [5, 5.41) is 0. The number of pyridine rings is 1. The number of nitrogens with two attached hydrogens (primary N) is 1. The van der Waals surface area contributed by atoms with E-state index in [9.17, 15) is 4.79 Å². The zero-order valence-electron chi connectivity index (χ0n) is 11.4. The molecular weight excluding hydrogens is 250 g/mol. The van der Waals surface area contributed by atoms with Gasteiger partial charge in [-0.3, -0.25) is 4.79 Å². The summed E-state index contributed by atoms with van der Waals surface area (Å²) in [6, 6.07) is 11.7. The van der Waals surface area contributed by atoms with Crippen LogP contribution in [0.25, 0.3) is 0 Å². The standard InChI is InChI=1S/C16H17N3O/c1-11-6-7-12-4-2-3-5-14(12)19(11)16(20)13-8-9-15(17)18-10-13/h2-5,8-11H,6-7H2,1H3,(H2,17,18). The van der Waals surface area contributed by atoms with E-state index in [4.69, 9.17) is 5.73 Å². The number of carbonyl (C=O) groups is 1. The highest BCUT2D eigenvalue weighted by Gasteiger charge is 2.28. The lowest BCUT2D eigenvalue weighted by Gasteiger charge is -2.35. The second-order valence-electron chi connectivity index (χ2n) is 5.16. The van der Waals surface area contributed by atoms with Crippen molar-refractivity contribution in [3.05, 3.63) is 53.7 Å². The molecule has 2 N–H and O–H groups in total. The number of nitrogen functional groups attached to an aromatic ring is 1. The molecule has 1 aromatic carbocycles. The van der Waals surface area contributed by atoms with E-state index < -0.39 is 0 Å². The second-order valence-corrected chi connectivity index (χ2v) is 5.16. The van der Waals surface area contributed by atoms with Crippen molar-refractivity contribution in [2.45, 2.75) is 25.8 Å². The van der Waals surface area contributed by atoms with Gasteiger partial charge in [-0.25, -0.2) is 4.98 Å². The minimum atomic E-state index is -0.0165. The fraction of sp³-hybridized carbons (Fsp3) is 0.250. The van der Waals surface area contributed by atoms with Crippen LogP contribution in [0.5, 0.6) is 0 Å². The van der Waals surface area contributed by atoms with Gasteiger partial charge in [-0.05, 0) is 43.5 Å². The van der Waals surface area contributed by atoms with Gasteiger partial charge >= 0.3 is 0 Å². The Balaban J connectivity index is 2.00. The van der Waals surface area contributed by atoms with Gasteiger partial charge in [0.2, 0.25) is 0 Å². The number of rotatable bonds is 1. The molecule has 1 aliphatic heterocycles. The second kappa shape index (κ2) is 4.96.